The Morgan fingerprint density at radius 1 is 1.19 bits per heavy atom. The second-order valence-electron chi connectivity index (χ2n) is 7.66. The maximum atomic E-state index is 12.6. The first-order chi connectivity index (χ1) is 12.5. The van der Waals surface area contributed by atoms with Crippen molar-refractivity contribution in [3.05, 3.63) is 30.0 Å². The van der Waals surface area contributed by atoms with Crippen molar-refractivity contribution in [3.8, 4) is 5.75 Å². The number of aromatic amines is 1. The smallest absolute Gasteiger partial charge is 0.268 e. The molecule has 1 atom stereocenters. The Balaban J connectivity index is 1.39. The van der Waals surface area contributed by atoms with E-state index >= 15 is 0 Å². The minimum atomic E-state index is -0.531. The van der Waals surface area contributed by atoms with E-state index in [4.69, 9.17) is 4.74 Å². The maximum Gasteiger partial charge on any atom is 0.268 e. The SMILES string of the molecule is COc1ccc2[nH]c(C(=O)N[C@H](C)C(=O)N3CCC4(CC3)CC4)cc2c1. The molecule has 0 bridgehead atoms. The van der Waals surface area contributed by atoms with E-state index in [2.05, 4.69) is 10.3 Å². The number of carbonyl (C=O) groups is 2. The van der Waals surface area contributed by atoms with Crippen LogP contribution in [0.3, 0.4) is 0 Å². The minimum absolute atomic E-state index is 0.00614. The minimum Gasteiger partial charge on any atom is -0.497 e. The summed E-state index contributed by atoms with van der Waals surface area (Å²) in [5.41, 5.74) is 1.85. The van der Waals surface area contributed by atoms with Gasteiger partial charge in [-0.05, 0) is 62.3 Å². The van der Waals surface area contributed by atoms with Gasteiger partial charge in [0, 0.05) is 24.0 Å². The van der Waals surface area contributed by atoms with Crippen molar-refractivity contribution in [3.63, 3.8) is 0 Å². The molecule has 26 heavy (non-hydrogen) atoms. The summed E-state index contributed by atoms with van der Waals surface area (Å²) in [5, 5.41) is 3.73. The predicted molar refractivity (Wildman–Crippen MR) is 99.3 cm³/mol. The molecule has 1 aliphatic heterocycles. The van der Waals surface area contributed by atoms with Gasteiger partial charge in [-0.2, -0.15) is 0 Å². The summed E-state index contributed by atoms with van der Waals surface area (Å²) in [6.07, 6.45) is 4.82. The Morgan fingerprint density at radius 2 is 1.92 bits per heavy atom. The third kappa shape index (κ3) is 3.16. The highest BCUT2D eigenvalue weighted by molar-refractivity contribution is 6.00. The molecule has 1 aliphatic carbocycles. The summed E-state index contributed by atoms with van der Waals surface area (Å²) in [7, 11) is 1.61. The van der Waals surface area contributed by atoms with Gasteiger partial charge in [-0.15, -0.1) is 0 Å². The zero-order valence-electron chi connectivity index (χ0n) is 15.3. The molecule has 1 spiro atoms. The molecule has 4 rings (SSSR count). The molecule has 0 unspecified atom stereocenters. The lowest BCUT2D eigenvalue weighted by Crippen LogP contribution is -2.49. The number of hydrogen-bond acceptors (Lipinski definition) is 3. The van der Waals surface area contributed by atoms with Crippen LogP contribution in [-0.4, -0.2) is 47.9 Å². The lowest BCUT2D eigenvalue weighted by Gasteiger charge is -2.33. The number of H-pyrrole nitrogens is 1. The van der Waals surface area contributed by atoms with Crippen LogP contribution in [0.5, 0.6) is 5.75 Å². The number of hydrogen-bond donors (Lipinski definition) is 2. The number of methoxy groups -OCH3 is 1. The molecule has 6 heteroatoms. The van der Waals surface area contributed by atoms with Crippen LogP contribution in [0.4, 0.5) is 0 Å². The van der Waals surface area contributed by atoms with Crippen molar-refractivity contribution >= 4 is 22.7 Å². The maximum absolute atomic E-state index is 12.6. The van der Waals surface area contributed by atoms with Crippen LogP contribution in [-0.2, 0) is 4.79 Å². The van der Waals surface area contributed by atoms with Gasteiger partial charge in [-0.25, -0.2) is 0 Å². The Morgan fingerprint density at radius 3 is 2.58 bits per heavy atom. The Hall–Kier alpha value is -2.50. The number of nitrogens with zero attached hydrogens (tertiary/aromatic N) is 1. The Bertz CT molecular complexity index is 843. The molecule has 1 saturated heterocycles. The molecule has 2 heterocycles. The summed E-state index contributed by atoms with van der Waals surface area (Å²) in [6.45, 7) is 3.38. The van der Waals surface area contributed by atoms with Crippen LogP contribution in [0.15, 0.2) is 24.3 Å². The van der Waals surface area contributed by atoms with Gasteiger partial charge in [0.25, 0.3) is 5.91 Å². The quantitative estimate of drug-likeness (QED) is 0.885. The molecule has 138 valence electrons. The van der Waals surface area contributed by atoms with Gasteiger partial charge < -0.3 is 19.9 Å². The number of amides is 2. The number of benzene rings is 1. The number of rotatable bonds is 4. The zero-order chi connectivity index (χ0) is 18.3. The first kappa shape index (κ1) is 16.9. The normalized spacial score (nSPS) is 19.4. The van der Waals surface area contributed by atoms with Crippen molar-refractivity contribution in [2.75, 3.05) is 20.2 Å². The molecule has 1 aromatic carbocycles. The lowest BCUT2D eigenvalue weighted by molar-refractivity contribution is -0.134. The van der Waals surface area contributed by atoms with E-state index in [9.17, 15) is 9.59 Å². The first-order valence-electron chi connectivity index (χ1n) is 9.26. The number of fused-ring (bicyclic) bond motifs is 1. The van der Waals surface area contributed by atoms with Gasteiger partial charge in [0.2, 0.25) is 5.91 Å². The summed E-state index contributed by atoms with van der Waals surface area (Å²) in [5.74, 6) is 0.480. The monoisotopic (exact) mass is 355 g/mol. The third-order valence-electron chi connectivity index (χ3n) is 5.88. The molecule has 2 N–H and O–H groups in total. The highest BCUT2D eigenvalue weighted by atomic mass is 16.5. The summed E-state index contributed by atoms with van der Waals surface area (Å²) >= 11 is 0. The van der Waals surface area contributed by atoms with Crippen LogP contribution >= 0.6 is 0 Å². The number of ether oxygens (including phenoxy) is 1. The second kappa shape index (κ2) is 6.34. The summed E-state index contributed by atoms with van der Waals surface area (Å²) < 4.78 is 5.21. The Labute approximate surface area is 152 Å². The number of aromatic nitrogens is 1. The fraction of sp³-hybridized carbons (Fsp3) is 0.500. The molecular weight excluding hydrogens is 330 g/mol. The Kier molecular flexibility index (Phi) is 4.13. The lowest BCUT2D eigenvalue weighted by atomic mass is 9.93. The van der Waals surface area contributed by atoms with Crippen LogP contribution in [0, 0.1) is 5.41 Å². The highest BCUT2D eigenvalue weighted by Gasteiger charge is 2.45. The van der Waals surface area contributed by atoms with Gasteiger partial charge >= 0.3 is 0 Å². The van der Waals surface area contributed by atoms with Crippen molar-refractivity contribution < 1.29 is 14.3 Å². The molecule has 1 aromatic heterocycles. The number of piperidine rings is 1. The van der Waals surface area contributed by atoms with Crippen LogP contribution in [0.2, 0.25) is 0 Å². The molecule has 6 nitrogen and oxygen atoms in total. The van der Waals surface area contributed by atoms with Crippen molar-refractivity contribution in [1.29, 1.82) is 0 Å². The first-order valence-corrected chi connectivity index (χ1v) is 9.26. The highest BCUT2D eigenvalue weighted by Crippen LogP contribution is 2.53. The molecule has 2 fully saturated rings. The van der Waals surface area contributed by atoms with Crippen LogP contribution in [0.1, 0.15) is 43.1 Å². The fourth-order valence-electron chi connectivity index (χ4n) is 3.85. The fourth-order valence-corrected chi connectivity index (χ4v) is 3.85. The van der Waals surface area contributed by atoms with E-state index < -0.39 is 6.04 Å². The summed E-state index contributed by atoms with van der Waals surface area (Å²) in [4.78, 5) is 30.2. The van der Waals surface area contributed by atoms with Gasteiger partial charge in [0.1, 0.15) is 17.5 Å². The van der Waals surface area contributed by atoms with Crippen LogP contribution in [0.25, 0.3) is 10.9 Å². The van der Waals surface area contributed by atoms with Crippen molar-refractivity contribution in [2.24, 2.45) is 5.41 Å². The number of carbonyl (C=O) groups excluding carboxylic acids is 2. The van der Waals surface area contributed by atoms with E-state index in [1.807, 2.05) is 23.1 Å². The van der Waals surface area contributed by atoms with Gasteiger partial charge in [-0.3, -0.25) is 9.59 Å². The van der Waals surface area contributed by atoms with Crippen molar-refractivity contribution in [2.45, 2.75) is 38.6 Å². The molecule has 0 radical (unpaired) electrons. The molecule has 2 aromatic rings. The number of likely N-dealkylation sites (tertiary alicyclic amines) is 1. The number of nitrogens with one attached hydrogen (secondary N) is 2. The average molecular weight is 355 g/mol. The second-order valence-corrected chi connectivity index (χ2v) is 7.66. The average Bonchev–Trinajstić information content (AvgIpc) is 3.26. The van der Waals surface area contributed by atoms with E-state index in [-0.39, 0.29) is 11.8 Å². The molecule has 1 saturated carbocycles. The molecule has 2 aliphatic rings. The summed E-state index contributed by atoms with van der Waals surface area (Å²) in [6, 6.07) is 6.84. The largest absolute Gasteiger partial charge is 0.497 e. The van der Waals surface area contributed by atoms with E-state index in [1.165, 1.54) is 12.8 Å². The van der Waals surface area contributed by atoms with Crippen LogP contribution < -0.4 is 10.1 Å². The third-order valence-corrected chi connectivity index (χ3v) is 5.88. The zero-order valence-corrected chi connectivity index (χ0v) is 15.3. The van der Waals surface area contributed by atoms with E-state index in [1.54, 1.807) is 20.1 Å². The van der Waals surface area contributed by atoms with Crippen molar-refractivity contribution in [1.82, 2.24) is 15.2 Å². The van der Waals surface area contributed by atoms with Gasteiger partial charge in [0.05, 0.1) is 7.11 Å². The predicted octanol–water partition coefficient (Wildman–Crippen LogP) is 2.70. The molecular formula is C20H25N3O3. The van der Waals surface area contributed by atoms with E-state index in [0.29, 0.717) is 11.1 Å². The van der Waals surface area contributed by atoms with Gasteiger partial charge in [-0.1, -0.05) is 0 Å². The standard InChI is InChI=1S/C20H25N3O3/c1-13(19(25)23-9-7-20(5-6-20)8-10-23)21-18(24)17-12-14-11-15(26-2)3-4-16(14)22-17/h3-4,11-13,22H,5-10H2,1-2H3,(H,21,24)/t13-/m1/s1. The topological polar surface area (TPSA) is 74.4 Å². The van der Waals surface area contributed by atoms with Gasteiger partial charge in [0.15, 0.2) is 0 Å². The van der Waals surface area contributed by atoms with E-state index in [0.717, 1.165) is 42.6 Å². The molecule has 2 amide bonds.